The number of Topliss-reactive ketones (excluding diaryl/α,β-unsaturated/α-hetero) is 1. The number of carbonyl (C=O) groups is 2. The molecule has 0 unspecified atom stereocenters. The molecule has 0 fully saturated rings. The number of hydrogen-bond donors (Lipinski definition) is 1. The van der Waals surface area contributed by atoms with Gasteiger partial charge in [0.05, 0.1) is 0 Å². The van der Waals surface area contributed by atoms with E-state index in [1.807, 2.05) is 0 Å². The molecule has 0 spiro atoms. The second-order valence-corrected chi connectivity index (χ2v) is 3.09. The second kappa shape index (κ2) is 4.23. The SMILES string of the molecule is CCC(=O)c1cccc(C=O)c1S. The number of aldehydes is 1. The van der Waals surface area contributed by atoms with Gasteiger partial charge in [0.1, 0.15) is 0 Å². The fourth-order valence-corrected chi connectivity index (χ4v) is 1.40. The van der Waals surface area contributed by atoms with Gasteiger partial charge in [-0.05, 0) is 0 Å². The van der Waals surface area contributed by atoms with Crippen LogP contribution >= 0.6 is 12.6 Å². The minimum atomic E-state index is 0.00806. The molecule has 13 heavy (non-hydrogen) atoms. The van der Waals surface area contributed by atoms with Crippen LogP contribution in [0.4, 0.5) is 0 Å². The van der Waals surface area contributed by atoms with E-state index in [-0.39, 0.29) is 5.78 Å². The number of rotatable bonds is 3. The summed E-state index contributed by atoms with van der Waals surface area (Å²) in [6, 6.07) is 5.01. The van der Waals surface area contributed by atoms with Crippen molar-refractivity contribution >= 4 is 24.7 Å². The van der Waals surface area contributed by atoms with Crippen molar-refractivity contribution in [2.45, 2.75) is 18.2 Å². The highest BCUT2D eigenvalue weighted by atomic mass is 32.1. The van der Waals surface area contributed by atoms with Gasteiger partial charge in [-0.2, -0.15) is 0 Å². The molecule has 0 radical (unpaired) electrons. The first-order valence-electron chi connectivity index (χ1n) is 4.01. The molecule has 0 atom stereocenters. The monoisotopic (exact) mass is 194 g/mol. The molecule has 1 aromatic rings. The van der Waals surface area contributed by atoms with Gasteiger partial charge in [-0.1, -0.05) is 25.1 Å². The zero-order valence-corrected chi connectivity index (χ0v) is 8.17. The van der Waals surface area contributed by atoms with Crippen LogP contribution in [0, 0.1) is 0 Å². The summed E-state index contributed by atoms with van der Waals surface area (Å²) in [7, 11) is 0. The van der Waals surface area contributed by atoms with E-state index in [9.17, 15) is 9.59 Å². The van der Waals surface area contributed by atoms with Crippen LogP contribution < -0.4 is 0 Å². The average molecular weight is 194 g/mol. The van der Waals surface area contributed by atoms with Crippen LogP contribution in [-0.4, -0.2) is 12.1 Å². The van der Waals surface area contributed by atoms with Gasteiger partial charge in [0.15, 0.2) is 12.1 Å². The van der Waals surface area contributed by atoms with Gasteiger partial charge in [-0.25, -0.2) is 0 Å². The summed E-state index contributed by atoms with van der Waals surface area (Å²) in [5.41, 5.74) is 0.984. The molecule has 0 N–H and O–H groups in total. The van der Waals surface area contributed by atoms with Crippen LogP contribution in [-0.2, 0) is 0 Å². The molecule has 1 rings (SSSR count). The summed E-state index contributed by atoms with van der Waals surface area (Å²) >= 11 is 4.13. The highest BCUT2D eigenvalue weighted by molar-refractivity contribution is 7.80. The number of benzene rings is 1. The van der Waals surface area contributed by atoms with E-state index in [0.717, 1.165) is 0 Å². The first-order valence-corrected chi connectivity index (χ1v) is 4.45. The van der Waals surface area contributed by atoms with Crippen LogP contribution in [0.1, 0.15) is 34.1 Å². The van der Waals surface area contributed by atoms with Gasteiger partial charge in [0, 0.05) is 22.4 Å². The Morgan fingerprint density at radius 1 is 1.54 bits per heavy atom. The average Bonchev–Trinajstić information content (AvgIpc) is 2.17. The zero-order chi connectivity index (χ0) is 9.84. The van der Waals surface area contributed by atoms with Crippen LogP contribution in [0.15, 0.2) is 23.1 Å². The molecule has 68 valence electrons. The third kappa shape index (κ3) is 1.98. The standard InChI is InChI=1S/C10H10O2S/c1-2-9(12)8-5-3-4-7(6-11)10(8)13/h3-6,13H,2H2,1H3. The summed E-state index contributed by atoms with van der Waals surface area (Å²) in [6.07, 6.45) is 1.13. The largest absolute Gasteiger partial charge is 0.298 e. The smallest absolute Gasteiger partial charge is 0.163 e. The van der Waals surface area contributed by atoms with Gasteiger partial charge in [0.25, 0.3) is 0 Å². The lowest BCUT2D eigenvalue weighted by Gasteiger charge is -2.03. The predicted molar refractivity (Wildman–Crippen MR) is 53.7 cm³/mol. The van der Waals surface area contributed by atoms with E-state index in [0.29, 0.717) is 28.7 Å². The molecule has 0 bridgehead atoms. The Hall–Kier alpha value is -1.09. The maximum absolute atomic E-state index is 11.3. The van der Waals surface area contributed by atoms with Crippen molar-refractivity contribution in [1.29, 1.82) is 0 Å². The maximum atomic E-state index is 11.3. The van der Waals surface area contributed by atoms with E-state index in [4.69, 9.17) is 0 Å². The molecule has 0 aromatic heterocycles. The minimum absolute atomic E-state index is 0.00806. The minimum Gasteiger partial charge on any atom is -0.298 e. The molecular weight excluding hydrogens is 184 g/mol. The first kappa shape index (κ1) is 9.99. The highest BCUT2D eigenvalue weighted by Crippen LogP contribution is 2.18. The van der Waals surface area contributed by atoms with Gasteiger partial charge in [0.2, 0.25) is 0 Å². The Kier molecular flexibility index (Phi) is 3.25. The van der Waals surface area contributed by atoms with Crippen LogP contribution in [0.5, 0.6) is 0 Å². The van der Waals surface area contributed by atoms with Crippen molar-refractivity contribution in [2.24, 2.45) is 0 Å². The van der Waals surface area contributed by atoms with Crippen molar-refractivity contribution in [1.82, 2.24) is 0 Å². The fourth-order valence-electron chi connectivity index (χ4n) is 1.07. The molecule has 0 aliphatic carbocycles. The van der Waals surface area contributed by atoms with E-state index < -0.39 is 0 Å². The first-order chi connectivity index (χ1) is 6.20. The quantitative estimate of drug-likeness (QED) is 0.455. The summed E-state index contributed by atoms with van der Waals surface area (Å²) in [5, 5.41) is 0. The van der Waals surface area contributed by atoms with Gasteiger partial charge in [-0.15, -0.1) is 12.6 Å². The Balaban J connectivity index is 3.23. The van der Waals surface area contributed by atoms with E-state index in [2.05, 4.69) is 12.6 Å². The van der Waals surface area contributed by atoms with E-state index in [1.54, 1.807) is 25.1 Å². The van der Waals surface area contributed by atoms with Gasteiger partial charge < -0.3 is 0 Å². The Bertz CT molecular complexity index is 345. The van der Waals surface area contributed by atoms with E-state index in [1.165, 1.54) is 0 Å². The van der Waals surface area contributed by atoms with Gasteiger partial charge >= 0.3 is 0 Å². The number of ketones is 1. The van der Waals surface area contributed by atoms with Crippen molar-refractivity contribution in [3.05, 3.63) is 29.3 Å². The Morgan fingerprint density at radius 3 is 2.77 bits per heavy atom. The van der Waals surface area contributed by atoms with Crippen molar-refractivity contribution in [3.8, 4) is 0 Å². The molecule has 0 heterocycles. The van der Waals surface area contributed by atoms with Crippen molar-refractivity contribution in [3.63, 3.8) is 0 Å². The number of thiol groups is 1. The lowest BCUT2D eigenvalue weighted by molar-refractivity contribution is 0.0985. The maximum Gasteiger partial charge on any atom is 0.163 e. The Morgan fingerprint density at radius 2 is 2.23 bits per heavy atom. The summed E-state index contributed by atoms with van der Waals surface area (Å²) in [4.78, 5) is 22.3. The highest BCUT2D eigenvalue weighted by Gasteiger charge is 2.09. The molecule has 0 aliphatic heterocycles. The van der Waals surface area contributed by atoms with Crippen LogP contribution in [0.25, 0.3) is 0 Å². The van der Waals surface area contributed by atoms with Crippen LogP contribution in [0.2, 0.25) is 0 Å². The van der Waals surface area contributed by atoms with Crippen molar-refractivity contribution < 1.29 is 9.59 Å². The van der Waals surface area contributed by atoms with Crippen molar-refractivity contribution in [2.75, 3.05) is 0 Å². The fraction of sp³-hybridized carbons (Fsp3) is 0.200. The zero-order valence-electron chi connectivity index (χ0n) is 7.28. The number of carbonyl (C=O) groups excluding carboxylic acids is 2. The number of hydrogen-bond acceptors (Lipinski definition) is 3. The third-order valence-corrected chi connectivity index (χ3v) is 2.31. The summed E-state index contributed by atoms with van der Waals surface area (Å²) in [5.74, 6) is 0.00806. The molecule has 0 saturated carbocycles. The predicted octanol–water partition coefficient (Wildman–Crippen LogP) is 2.38. The molecule has 2 nitrogen and oxygen atoms in total. The third-order valence-electron chi connectivity index (χ3n) is 1.82. The summed E-state index contributed by atoms with van der Waals surface area (Å²) in [6.45, 7) is 1.78. The molecule has 0 amide bonds. The molecule has 0 aliphatic rings. The lowest BCUT2D eigenvalue weighted by atomic mass is 10.1. The Labute approximate surface area is 82.4 Å². The van der Waals surface area contributed by atoms with Gasteiger partial charge in [-0.3, -0.25) is 9.59 Å². The van der Waals surface area contributed by atoms with Crippen LogP contribution in [0.3, 0.4) is 0 Å². The molecule has 3 heteroatoms. The molecular formula is C10H10O2S. The van der Waals surface area contributed by atoms with E-state index >= 15 is 0 Å². The lowest BCUT2D eigenvalue weighted by Crippen LogP contribution is -2.00. The summed E-state index contributed by atoms with van der Waals surface area (Å²) < 4.78 is 0. The molecule has 0 saturated heterocycles. The second-order valence-electron chi connectivity index (χ2n) is 2.64. The normalized spacial score (nSPS) is 9.69. The molecule has 1 aromatic carbocycles. The topological polar surface area (TPSA) is 34.1 Å².